The van der Waals surface area contributed by atoms with Crippen molar-refractivity contribution in [3.63, 3.8) is 0 Å². The fourth-order valence-electron chi connectivity index (χ4n) is 4.50. The van der Waals surface area contributed by atoms with Gasteiger partial charge in [-0.1, -0.05) is 42.5 Å². The number of anilines is 1. The number of benzene rings is 2. The molecule has 2 amide bonds. The lowest BCUT2D eigenvalue weighted by Crippen LogP contribution is -2.52. The molecule has 0 atom stereocenters. The Morgan fingerprint density at radius 3 is 2.19 bits per heavy atom. The number of hydrogen-bond donors (Lipinski definition) is 0. The SMILES string of the molecule is COc1ccccc1N1CCN(C(=O)C2CCN(C(=O)/C=C/c3ccccc3)CC2)CC1. The van der Waals surface area contributed by atoms with E-state index in [-0.39, 0.29) is 17.7 Å². The third-order valence-electron chi connectivity index (χ3n) is 6.39. The number of likely N-dealkylation sites (tertiary alicyclic amines) is 1. The highest BCUT2D eigenvalue weighted by Gasteiger charge is 2.31. The molecule has 32 heavy (non-hydrogen) atoms. The van der Waals surface area contributed by atoms with Crippen molar-refractivity contribution in [2.45, 2.75) is 12.8 Å². The number of amides is 2. The van der Waals surface area contributed by atoms with Crippen LogP contribution in [0.1, 0.15) is 18.4 Å². The summed E-state index contributed by atoms with van der Waals surface area (Å²) in [7, 11) is 1.69. The Balaban J connectivity index is 1.25. The Labute approximate surface area is 190 Å². The molecule has 2 heterocycles. The van der Waals surface area contributed by atoms with Gasteiger partial charge in [-0.05, 0) is 36.6 Å². The second-order valence-electron chi connectivity index (χ2n) is 8.33. The second kappa shape index (κ2) is 10.4. The summed E-state index contributed by atoms with van der Waals surface area (Å²) < 4.78 is 5.48. The smallest absolute Gasteiger partial charge is 0.246 e. The van der Waals surface area contributed by atoms with Crippen molar-refractivity contribution in [1.82, 2.24) is 9.80 Å². The summed E-state index contributed by atoms with van der Waals surface area (Å²) in [6.07, 6.45) is 4.95. The zero-order valence-corrected chi connectivity index (χ0v) is 18.7. The fourth-order valence-corrected chi connectivity index (χ4v) is 4.50. The van der Waals surface area contributed by atoms with Crippen LogP contribution in [-0.4, -0.2) is 68.0 Å². The summed E-state index contributed by atoms with van der Waals surface area (Å²) in [5.74, 6) is 1.13. The van der Waals surface area contributed by atoms with E-state index in [4.69, 9.17) is 4.74 Å². The average Bonchev–Trinajstić information content (AvgIpc) is 2.87. The van der Waals surface area contributed by atoms with Crippen LogP contribution >= 0.6 is 0 Å². The van der Waals surface area contributed by atoms with Gasteiger partial charge in [-0.25, -0.2) is 0 Å². The first-order valence-corrected chi connectivity index (χ1v) is 11.3. The van der Waals surface area contributed by atoms with Gasteiger partial charge in [0, 0.05) is 51.3 Å². The molecule has 0 radical (unpaired) electrons. The lowest BCUT2D eigenvalue weighted by Gasteiger charge is -2.39. The molecule has 2 aromatic rings. The predicted octanol–water partition coefficient (Wildman–Crippen LogP) is 3.30. The summed E-state index contributed by atoms with van der Waals surface area (Å²) >= 11 is 0. The van der Waals surface area contributed by atoms with E-state index >= 15 is 0 Å². The number of piperazine rings is 1. The maximum atomic E-state index is 13.1. The fraction of sp³-hybridized carbons (Fsp3) is 0.385. The quantitative estimate of drug-likeness (QED) is 0.679. The van der Waals surface area contributed by atoms with Crippen molar-refractivity contribution < 1.29 is 14.3 Å². The van der Waals surface area contributed by atoms with Gasteiger partial charge in [-0.2, -0.15) is 0 Å². The third kappa shape index (κ3) is 5.13. The van der Waals surface area contributed by atoms with Gasteiger partial charge in [0.1, 0.15) is 5.75 Å². The van der Waals surface area contributed by atoms with Gasteiger partial charge in [0.05, 0.1) is 12.8 Å². The average molecular weight is 434 g/mol. The first-order valence-electron chi connectivity index (χ1n) is 11.3. The molecule has 168 valence electrons. The summed E-state index contributed by atoms with van der Waals surface area (Å²) in [4.78, 5) is 31.7. The van der Waals surface area contributed by atoms with Gasteiger partial charge in [0.25, 0.3) is 0 Å². The molecule has 0 N–H and O–H groups in total. The van der Waals surface area contributed by atoms with Crippen LogP contribution in [0.3, 0.4) is 0 Å². The lowest BCUT2D eigenvalue weighted by atomic mass is 9.94. The Kier molecular flexibility index (Phi) is 7.10. The van der Waals surface area contributed by atoms with Gasteiger partial charge in [0.2, 0.25) is 11.8 Å². The lowest BCUT2D eigenvalue weighted by molar-refractivity contribution is -0.139. The van der Waals surface area contributed by atoms with E-state index in [1.807, 2.05) is 64.4 Å². The monoisotopic (exact) mass is 433 g/mol. The molecule has 0 unspecified atom stereocenters. The van der Waals surface area contributed by atoms with E-state index in [1.54, 1.807) is 13.2 Å². The van der Waals surface area contributed by atoms with Gasteiger partial charge >= 0.3 is 0 Å². The second-order valence-corrected chi connectivity index (χ2v) is 8.33. The minimum atomic E-state index is 0.00923. The van der Waals surface area contributed by atoms with Gasteiger partial charge in [0.15, 0.2) is 0 Å². The molecular weight excluding hydrogens is 402 g/mol. The highest BCUT2D eigenvalue weighted by molar-refractivity contribution is 5.92. The topological polar surface area (TPSA) is 53.1 Å². The van der Waals surface area contributed by atoms with Crippen LogP contribution < -0.4 is 9.64 Å². The van der Waals surface area contributed by atoms with Crippen LogP contribution in [0.4, 0.5) is 5.69 Å². The largest absolute Gasteiger partial charge is 0.495 e. The minimum absolute atomic E-state index is 0.00923. The minimum Gasteiger partial charge on any atom is -0.495 e. The third-order valence-corrected chi connectivity index (χ3v) is 6.39. The van der Waals surface area contributed by atoms with Crippen molar-refractivity contribution in [1.29, 1.82) is 0 Å². The predicted molar refractivity (Wildman–Crippen MR) is 127 cm³/mol. The van der Waals surface area contributed by atoms with Crippen molar-refractivity contribution in [2.75, 3.05) is 51.3 Å². The van der Waals surface area contributed by atoms with E-state index in [1.165, 1.54) is 0 Å². The van der Waals surface area contributed by atoms with Gasteiger partial charge < -0.3 is 19.4 Å². The van der Waals surface area contributed by atoms with Crippen molar-refractivity contribution in [3.05, 3.63) is 66.2 Å². The first kappa shape index (κ1) is 21.9. The first-order chi connectivity index (χ1) is 15.7. The molecular formula is C26H31N3O3. The highest BCUT2D eigenvalue weighted by atomic mass is 16.5. The molecule has 6 nitrogen and oxygen atoms in total. The molecule has 4 rings (SSSR count). The standard InChI is InChI=1S/C26H31N3O3/c1-32-24-10-6-5-9-23(24)27-17-19-29(20-18-27)26(31)22-13-15-28(16-14-22)25(30)12-11-21-7-3-2-4-8-21/h2-12,22H,13-20H2,1H3/b12-11+. The molecule has 2 aliphatic heterocycles. The zero-order chi connectivity index (χ0) is 22.3. The Morgan fingerprint density at radius 2 is 1.50 bits per heavy atom. The summed E-state index contributed by atoms with van der Waals surface area (Å²) in [5.41, 5.74) is 2.09. The van der Waals surface area contributed by atoms with E-state index < -0.39 is 0 Å². The Hall–Kier alpha value is -3.28. The van der Waals surface area contributed by atoms with Crippen molar-refractivity contribution in [2.24, 2.45) is 5.92 Å². The van der Waals surface area contributed by atoms with Crippen LogP contribution in [0.2, 0.25) is 0 Å². The molecule has 2 fully saturated rings. The maximum absolute atomic E-state index is 13.1. The van der Waals surface area contributed by atoms with Crippen LogP contribution in [-0.2, 0) is 9.59 Å². The number of nitrogens with zero attached hydrogens (tertiary/aromatic N) is 3. The van der Waals surface area contributed by atoms with Crippen LogP contribution in [0, 0.1) is 5.92 Å². The highest BCUT2D eigenvalue weighted by Crippen LogP contribution is 2.29. The van der Waals surface area contributed by atoms with Crippen molar-refractivity contribution >= 4 is 23.6 Å². The van der Waals surface area contributed by atoms with Crippen LogP contribution in [0.15, 0.2) is 60.7 Å². The molecule has 0 saturated carbocycles. The van der Waals surface area contributed by atoms with Crippen LogP contribution in [0.25, 0.3) is 6.08 Å². The molecule has 0 bridgehead atoms. The molecule has 2 aromatic carbocycles. The van der Waals surface area contributed by atoms with E-state index in [2.05, 4.69) is 11.0 Å². The number of rotatable bonds is 5. The van der Waals surface area contributed by atoms with Gasteiger partial charge in [-0.15, -0.1) is 0 Å². The van der Waals surface area contributed by atoms with Crippen molar-refractivity contribution in [3.8, 4) is 5.75 Å². The molecule has 2 saturated heterocycles. The van der Waals surface area contributed by atoms with E-state index in [0.29, 0.717) is 13.1 Å². The number of hydrogen-bond acceptors (Lipinski definition) is 4. The normalized spacial score (nSPS) is 17.6. The van der Waals surface area contributed by atoms with E-state index in [0.717, 1.165) is 56.0 Å². The Morgan fingerprint density at radius 1 is 0.844 bits per heavy atom. The number of ether oxygens (including phenoxy) is 1. The summed E-state index contributed by atoms with van der Waals surface area (Å²) in [6.45, 7) is 4.30. The number of carbonyl (C=O) groups excluding carboxylic acids is 2. The summed E-state index contributed by atoms with van der Waals surface area (Å²) in [6, 6.07) is 17.8. The molecule has 0 aromatic heterocycles. The van der Waals surface area contributed by atoms with Crippen LogP contribution in [0.5, 0.6) is 5.75 Å². The summed E-state index contributed by atoms with van der Waals surface area (Å²) in [5, 5.41) is 0. The molecule has 0 spiro atoms. The number of para-hydroxylation sites is 2. The number of piperidine rings is 1. The number of methoxy groups -OCH3 is 1. The molecule has 6 heteroatoms. The molecule has 0 aliphatic carbocycles. The Bertz CT molecular complexity index is 944. The molecule has 2 aliphatic rings. The maximum Gasteiger partial charge on any atom is 0.246 e. The zero-order valence-electron chi connectivity index (χ0n) is 18.7. The number of carbonyl (C=O) groups is 2. The van der Waals surface area contributed by atoms with E-state index in [9.17, 15) is 9.59 Å². The van der Waals surface area contributed by atoms with Gasteiger partial charge in [-0.3, -0.25) is 9.59 Å².